The number of aromatic hydroxyl groups is 1. The van der Waals surface area contributed by atoms with Gasteiger partial charge >= 0.3 is 0 Å². The van der Waals surface area contributed by atoms with Crippen LogP contribution in [0.3, 0.4) is 0 Å². The second-order valence-electron chi connectivity index (χ2n) is 3.22. The molecule has 0 saturated carbocycles. The summed E-state index contributed by atoms with van der Waals surface area (Å²) in [6.07, 6.45) is 2.07. The van der Waals surface area contributed by atoms with Crippen LogP contribution in [0, 0.1) is 6.92 Å². The van der Waals surface area contributed by atoms with Crippen LogP contribution in [-0.2, 0) is 6.42 Å². The smallest absolute Gasteiger partial charge is 0.164 e. The molecule has 1 aromatic carbocycles. The van der Waals surface area contributed by atoms with Crippen molar-refractivity contribution in [2.24, 2.45) is 0 Å². The lowest BCUT2D eigenvalue weighted by atomic mass is 10.0. The summed E-state index contributed by atoms with van der Waals surface area (Å²) >= 11 is 0. The SMILES string of the molecule is Cc1cc(O)c2c(c1)CCCO2. The van der Waals surface area contributed by atoms with Crippen molar-refractivity contribution in [3.63, 3.8) is 0 Å². The van der Waals surface area contributed by atoms with Gasteiger partial charge < -0.3 is 9.84 Å². The van der Waals surface area contributed by atoms with Crippen LogP contribution in [0.15, 0.2) is 12.1 Å². The Balaban J connectivity index is 2.53. The zero-order valence-corrected chi connectivity index (χ0v) is 7.13. The van der Waals surface area contributed by atoms with E-state index in [0.29, 0.717) is 5.75 Å². The Kier molecular flexibility index (Phi) is 1.68. The fourth-order valence-corrected chi connectivity index (χ4v) is 1.62. The average molecular weight is 164 g/mol. The third kappa shape index (κ3) is 1.13. The van der Waals surface area contributed by atoms with E-state index in [1.54, 1.807) is 6.07 Å². The van der Waals surface area contributed by atoms with Crippen LogP contribution in [-0.4, -0.2) is 11.7 Å². The molecular weight excluding hydrogens is 152 g/mol. The molecule has 0 fully saturated rings. The van der Waals surface area contributed by atoms with Gasteiger partial charge in [-0.15, -0.1) is 0 Å². The molecule has 0 aliphatic carbocycles. The minimum absolute atomic E-state index is 0.282. The third-order valence-corrected chi connectivity index (χ3v) is 2.13. The molecular formula is C10H12O2. The van der Waals surface area contributed by atoms with Gasteiger partial charge in [0.1, 0.15) is 0 Å². The highest BCUT2D eigenvalue weighted by Crippen LogP contribution is 2.34. The van der Waals surface area contributed by atoms with Crippen LogP contribution in [0.1, 0.15) is 17.5 Å². The lowest BCUT2D eigenvalue weighted by Crippen LogP contribution is -2.08. The van der Waals surface area contributed by atoms with Crippen LogP contribution in [0.25, 0.3) is 0 Å². The van der Waals surface area contributed by atoms with E-state index >= 15 is 0 Å². The second-order valence-corrected chi connectivity index (χ2v) is 3.22. The lowest BCUT2D eigenvalue weighted by Gasteiger charge is -2.18. The van der Waals surface area contributed by atoms with Gasteiger partial charge in [0.05, 0.1) is 6.61 Å². The summed E-state index contributed by atoms with van der Waals surface area (Å²) in [6.45, 7) is 2.71. The zero-order valence-electron chi connectivity index (χ0n) is 7.13. The molecule has 0 bridgehead atoms. The number of hydrogen-bond donors (Lipinski definition) is 1. The van der Waals surface area contributed by atoms with Gasteiger partial charge in [0.2, 0.25) is 0 Å². The minimum Gasteiger partial charge on any atom is -0.504 e. The van der Waals surface area contributed by atoms with Gasteiger partial charge in [0.25, 0.3) is 0 Å². The van der Waals surface area contributed by atoms with Crippen molar-refractivity contribution >= 4 is 0 Å². The fourth-order valence-electron chi connectivity index (χ4n) is 1.62. The Morgan fingerprint density at radius 3 is 3.08 bits per heavy atom. The van der Waals surface area contributed by atoms with Crippen molar-refractivity contribution in [2.75, 3.05) is 6.61 Å². The highest BCUT2D eigenvalue weighted by Gasteiger charge is 2.14. The van der Waals surface area contributed by atoms with Gasteiger partial charge in [-0.3, -0.25) is 0 Å². The molecule has 1 heterocycles. The lowest BCUT2D eigenvalue weighted by molar-refractivity contribution is 0.272. The van der Waals surface area contributed by atoms with E-state index in [9.17, 15) is 5.11 Å². The summed E-state index contributed by atoms with van der Waals surface area (Å²) in [5.74, 6) is 0.969. The molecule has 2 heteroatoms. The summed E-state index contributed by atoms with van der Waals surface area (Å²) in [4.78, 5) is 0. The van der Waals surface area contributed by atoms with Crippen molar-refractivity contribution in [1.29, 1.82) is 0 Å². The molecule has 0 atom stereocenters. The molecule has 2 rings (SSSR count). The molecule has 0 amide bonds. The summed E-state index contributed by atoms with van der Waals surface area (Å²) in [5, 5.41) is 9.51. The third-order valence-electron chi connectivity index (χ3n) is 2.13. The molecule has 0 radical (unpaired) electrons. The first kappa shape index (κ1) is 7.47. The van der Waals surface area contributed by atoms with Crippen LogP contribution < -0.4 is 4.74 Å². The number of rotatable bonds is 0. The number of aryl methyl sites for hydroxylation is 2. The summed E-state index contributed by atoms with van der Waals surface area (Å²) in [6, 6.07) is 3.82. The Labute approximate surface area is 71.8 Å². The molecule has 0 saturated heterocycles. The van der Waals surface area contributed by atoms with Crippen LogP contribution in [0.5, 0.6) is 11.5 Å². The van der Waals surface area contributed by atoms with E-state index in [4.69, 9.17) is 4.74 Å². The van der Waals surface area contributed by atoms with Gasteiger partial charge in [-0.1, -0.05) is 6.07 Å². The number of ether oxygens (including phenoxy) is 1. The minimum atomic E-state index is 0.282. The zero-order chi connectivity index (χ0) is 8.55. The van der Waals surface area contributed by atoms with Crippen molar-refractivity contribution in [2.45, 2.75) is 19.8 Å². The molecule has 1 aromatic rings. The average Bonchev–Trinajstić information content (AvgIpc) is 2.04. The van der Waals surface area contributed by atoms with Crippen molar-refractivity contribution in [3.8, 4) is 11.5 Å². The highest BCUT2D eigenvalue weighted by atomic mass is 16.5. The van der Waals surface area contributed by atoms with Crippen LogP contribution in [0.4, 0.5) is 0 Å². The maximum absolute atomic E-state index is 9.51. The number of hydrogen-bond acceptors (Lipinski definition) is 2. The number of fused-ring (bicyclic) bond motifs is 1. The Hall–Kier alpha value is -1.18. The maximum atomic E-state index is 9.51. The topological polar surface area (TPSA) is 29.5 Å². The van der Waals surface area contributed by atoms with Crippen molar-refractivity contribution < 1.29 is 9.84 Å². The first-order valence-electron chi connectivity index (χ1n) is 4.22. The Morgan fingerprint density at radius 1 is 1.42 bits per heavy atom. The fraction of sp³-hybridized carbons (Fsp3) is 0.400. The van der Waals surface area contributed by atoms with E-state index < -0.39 is 0 Å². The predicted octanol–water partition coefficient (Wildman–Crippen LogP) is 2.03. The second kappa shape index (κ2) is 2.70. The van der Waals surface area contributed by atoms with E-state index in [2.05, 4.69) is 6.07 Å². The molecule has 1 aliphatic rings. The number of benzene rings is 1. The van der Waals surface area contributed by atoms with Crippen molar-refractivity contribution in [1.82, 2.24) is 0 Å². The molecule has 2 nitrogen and oxygen atoms in total. The molecule has 0 spiro atoms. The van der Waals surface area contributed by atoms with Crippen molar-refractivity contribution in [3.05, 3.63) is 23.3 Å². The van der Waals surface area contributed by atoms with Crippen LogP contribution >= 0.6 is 0 Å². The van der Waals surface area contributed by atoms with Gasteiger partial charge in [-0.25, -0.2) is 0 Å². The van der Waals surface area contributed by atoms with E-state index in [-0.39, 0.29) is 5.75 Å². The van der Waals surface area contributed by atoms with E-state index in [0.717, 1.165) is 30.6 Å². The Bertz CT molecular complexity index is 305. The molecule has 12 heavy (non-hydrogen) atoms. The van der Waals surface area contributed by atoms with Gasteiger partial charge in [-0.2, -0.15) is 0 Å². The summed E-state index contributed by atoms with van der Waals surface area (Å²) in [5.41, 5.74) is 2.23. The normalized spacial score (nSPS) is 15.1. The first-order chi connectivity index (χ1) is 5.77. The van der Waals surface area contributed by atoms with Gasteiger partial charge in [0.15, 0.2) is 11.5 Å². The molecule has 1 N–H and O–H groups in total. The molecule has 64 valence electrons. The predicted molar refractivity (Wildman–Crippen MR) is 46.7 cm³/mol. The number of phenolic OH excluding ortho intramolecular Hbond substituents is 1. The first-order valence-corrected chi connectivity index (χ1v) is 4.22. The van der Waals surface area contributed by atoms with Crippen LogP contribution in [0.2, 0.25) is 0 Å². The number of phenols is 1. The molecule has 0 aromatic heterocycles. The summed E-state index contributed by atoms with van der Waals surface area (Å²) < 4.78 is 5.36. The Morgan fingerprint density at radius 2 is 2.25 bits per heavy atom. The van der Waals surface area contributed by atoms with Gasteiger partial charge in [-0.05, 0) is 37.0 Å². The molecule has 0 unspecified atom stereocenters. The molecule has 1 aliphatic heterocycles. The maximum Gasteiger partial charge on any atom is 0.164 e. The van der Waals surface area contributed by atoms with E-state index in [1.165, 1.54) is 0 Å². The standard InChI is InChI=1S/C10H12O2/c1-7-5-8-3-2-4-12-10(8)9(11)6-7/h5-6,11H,2-4H2,1H3. The highest BCUT2D eigenvalue weighted by molar-refractivity contribution is 5.49. The summed E-state index contributed by atoms with van der Waals surface area (Å²) in [7, 11) is 0. The largest absolute Gasteiger partial charge is 0.504 e. The quantitative estimate of drug-likeness (QED) is 0.635. The van der Waals surface area contributed by atoms with E-state index in [1.807, 2.05) is 6.92 Å². The monoisotopic (exact) mass is 164 g/mol. The van der Waals surface area contributed by atoms with Gasteiger partial charge in [0, 0.05) is 0 Å².